The van der Waals surface area contributed by atoms with Crippen molar-refractivity contribution in [1.29, 1.82) is 0 Å². The molecule has 1 aromatic rings. The minimum absolute atomic E-state index is 0.827. The van der Waals surface area contributed by atoms with Gasteiger partial charge in [-0.15, -0.1) is 0 Å². The van der Waals surface area contributed by atoms with Crippen molar-refractivity contribution in [3.8, 4) is 0 Å². The van der Waals surface area contributed by atoms with E-state index in [4.69, 9.17) is 4.52 Å². The van der Waals surface area contributed by atoms with Crippen molar-refractivity contribution >= 4 is 0 Å². The van der Waals surface area contributed by atoms with E-state index in [0.29, 0.717) is 0 Å². The van der Waals surface area contributed by atoms with Crippen molar-refractivity contribution in [2.75, 3.05) is 6.54 Å². The molecule has 2 aliphatic carbocycles. The molecule has 0 aliphatic heterocycles. The van der Waals surface area contributed by atoms with Gasteiger partial charge in [-0.25, -0.2) is 0 Å². The normalized spacial score (nSPS) is 32.7. The maximum atomic E-state index is 4.79. The first-order valence-electron chi connectivity index (χ1n) is 5.70. The topological polar surface area (TPSA) is 38.1 Å². The van der Waals surface area contributed by atoms with Crippen LogP contribution in [-0.4, -0.2) is 11.7 Å². The smallest absolute Gasteiger partial charge is 0.124 e. The Hall–Kier alpha value is -1.09. The Balaban J connectivity index is 1.45. The SMILES string of the molecule is C1=C[C@H]2C[C@H]1C[C@H]2CNCc1ccon1. The van der Waals surface area contributed by atoms with Crippen LogP contribution < -0.4 is 5.32 Å². The van der Waals surface area contributed by atoms with E-state index in [0.717, 1.165) is 36.5 Å². The summed E-state index contributed by atoms with van der Waals surface area (Å²) in [5.74, 6) is 2.54. The zero-order chi connectivity index (χ0) is 10.1. The fraction of sp³-hybridized carbons (Fsp3) is 0.583. The second-order valence-electron chi connectivity index (χ2n) is 4.66. The van der Waals surface area contributed by atoms with Crippen molar-refractivity contribution in [3.63, 3.8) is 0 Å². The third-order valence-electron chi connectivity index (χ3n) is 3.62. The molecule has 80 valence electrons. The molecule has 1 saturated carbocycles. The molecule has 0 saturated heterocycles. The first-order valence-corrected chi connectivity index (χ1v) is 5.70. The monoisotopic (exact) mass is 204 g/mol. The second kappa shape index (κ2) is 3.81. The molecule has 3 nitrogen and oxygen atoms in total. The van der Waals surface area contributed by atoms with E-state index in [1.54, 1.807) is 6.26 Å². The molecule has 1 aromatic heterocycles. The predicted molar refractivity (Wildman–Crippen MR) is 57.1 cm³/mol. The summed E-state index contributed by atoms with van der Waals surface area (Å²) < 4.78 is 4.79. The van der Waals surface area contributed by atoms with Crippen LogP contribution in [0, 0.1) is 17.8 Å². The van der Waals surface area contributed by atoms with Crippen molar-refractivity contribution in [2.45, 2.75) is 19.4 Å². The zero-order valence-electron chi connectivity index (χ0n) is 8.73. The molecule has 0 radical (unpaired) electrons. The molecule has 0 spiro atoms. The number of allylic oxidation sites excluding steroid dienone is 2. The molecule has 2 aliphatic rings. The summed E-state index contributed by atoms with van der Waals surface area (Å²) in [6, 6.07) is 1.91. The Morgan fingerprint density at radius 1 is 1.40 bits per heavy atom. The quantitative estimate of drug-likeness (QED) is 0.762. The van der Waals surface area contributed by atoms with Crippen molar-refractivity contribution in [2.24, 2.45) is 17.8 Å². The fourth-order valence-corrected chi connectivity index (χ4v) is 2.84. The Morgan fingerprint density at radius 2 is 2.40 bits per heavy atom. The Kier molecular flexibility index (Phi) is 2.33. The summed E-state index contributed by atoms with van der Waals surface area (Å²) >= 11 is 0. The van der Waals surface area contributed by atoms with Crippen LogP contribution in [0.15, 0.2) is 29.0 Å². The molecule has 3 rings (SSSR count). The summed E-state index contributed by atoms with van der Waals surface area (Å²) in [4.78, 5) is 0. The lowest BCUT2D eigenvalue weighted by atomic mass is 9.94. The number of nitrogens with one attached hydrogen (secondary N) is 1. The van der Waals surface area contributed by atoms with Gasteiger partial charge in [0.25, 0.3) is 0 Å². The first-order chi connectivity index (χ1) is 7.42. The minimum Gasteiger partial charge on any atom is -0.364 e. The Labute approximate surface area is 89.5 Å². The zero-order valence-corrected chi connectivity index (χ0v) is 8.73. The molecular weight excluding hydrogens is 188 g/mol. The Bertz CT molecular complexity index is 345. The molecule has 0 aromatic carbocycles. The molecule has 0 unspecified atom stereocenters. The van der Waals surface area contributed by atoms with Crippen molar-refractivity contribution < 1.29 is 4.52 Å². The highest BCUT2D eigenvalue weighted by atomic mass is 16.5. The summed E-state index contributed by atoms with van der Waals surface area (Å²) in [7, 11) is 0. The maximum Gasteiger partial charge on any atom is 0.124 e. The molecule has 1 heterocycles. The number of fused-ring (bicyclic) bond motifs is 2. The van der Waals surface area contributed by atoms with E-state index in [1.165, 1.54) is 12.8 Å². The van der Waals surface area contributed by atoms with Gasteiger partial charge < -0.3 is 9.84 Å². The van der Waals surface area contributed by atoms with Crippen LogP contribution in [0.5, 0.6) is 0 Å². The van der Waals surface area contributed by atoms with Gasteiger partial charge in [0.2, 0.25) is 0 Å². The highest BCUT2D eigenvalue weighted by Crippen LogP contribution is 2.42. The molecule has 2 bridgehead atoms. The molecule has 1 fully saturated rings. The van der Waals surface area contributed by atoms with E-state index in [9.17, 15) is 0 Å². The summed E-state index contributed by atoms with van der Waals surface area (Å²) in [5.41, 5.74) is 0.994. The van der Waals surface area contributed by atoms with Crippen LogP contribution in [0.2, 0.25) is 0 Å². The van der Waals surface area contributed by atoms with Gasteiger partial charge in [0, 0.05) is 12.6 Å². The lowest BCUT2D eigenvalue weighted by Crippen LogP contribution is -2.25. The number of nitrogens with zero attached hydrogens (tertiary/aromatic N) is 1. The predicted octanol–water partition coefficient (Wildman–Crippen LogP) is 1.98. The second-order valence-corrected chi connectivity index (χ2v) is 4.66. The van der Waals surface area contributed by atoms with E-state index in [1.807, 2.05) is 6.07 Å². The first kappa shape index (κ1) is 9.16. The van der Waals surface area contributed by atoms with Crippen LogP contribution in [0.3, 0.4) is 0 Å². The maximum absolute atomic E-state index is 4.79. The number of aromatic nitrogens is 1. The van der Waals surface area contributed by atoms with Gasteiger partial charge in [-0.1, -0.05) is 17.3 Å². The van der Waals surface area contributed by atoms with Gasteiger partial charge >= 0.3 is 0 Å². The standard InChI is InChI=1S/C12H16N2O/c1-2-10-5-9(1)6-11(10)7-13-8-12-3-4-15-14-12/h1-4,9-11,13H,5-8H2/t9-,10-,11-/m0/s1. The average molecular weight is 204 g/mol. The highest BCUT2D eigenvalue weighted by molar-refractivity contribution is 5.10. The molecule has 15 heavy (non-hydrogen) atoms. The van der Waals surface area contributed by atoms with Crippen LogP contribution in [-0.2, 0) is 6.54 Å². The van der Waals surface area contributed by atoms with Crippen LogP contribution >= 0.6 is 0 Å². The van der Waals surface area contributed by atoms with Crippen LogP contribution in [0.4, 0.5) is 0 Å². The van der Waals surface area contributed by atoms with Crippen LogP contribution in [0.1, 0.15) is 18.5 Å². The molecule has 3 atom stereocenters. The number of hydrogen-bond acceptors (Lipinski definition) is 3. The van der Waals surface area contributed by atoms with E-state index in [2.05, 4.69) is 22.6 Å². The van der Waals surface area contributed by atoms with Gasteiger partial charge in [0.05, 0.1) is 5.69 Å². The molecule has 1 N–H and O–H groups in total. The molecule has 0 amide bonds. The van der Waals surface area contributed by atoms with E-state index < -0.39 is 0 Å². The van der Waals surface area contributed by atoms with E-state index >= 15 is 0 Å². The van der Waals surface area contributed by atoms with E-state index in [-0.39, 0.29) is 0 Å². The minimum atomic E-state index is 0.827. The third-order valence-corrected chi connectivity index (χ3v) is 3.62. The number of hydrogen-bond donors (Lipinski definition) is 1. The van der Waals surface area contributed by atoms with Crippen LogP contribution in [0.25, 0.3) is 0 Å². The third kappa shape index (κ3) is 1.84. The highest BCUT2D eigenvalue weighted by Gasteiger charge is 2.34. The lowest BCUT2D eigenvalue weighted by molar-refractivity contribution is 0.393. The summed E-state index contributed by atoms with van der Waals surface area (Å²) in [5, 5.41) is 7.34. The largest absolute Gasteiger partial charge is 0.364 e. The van der Waals surface area contributed by atoms with Crippen molar-refractivity contribution in [3.05, 3.63) is 30.2 Å². The van der Waals surface area contributed by atoms with Gasteiger partial charge in [0.1, 0.15) is 6.26 Å². The number of rotatable bonds is 4. The van der Waals surface area contributed by atoms with Gasteiger partial charge in [0.15, 0.2) is 0 Å². The van der Waals surface area contributed by atoms with Gasteiger partial charge in [-0.3, -0.25) is 0 Å². The summed E-state index contributed by atoms with van der Waals surface area (Å²) in [6.07, 6.45) is 9.16. The molecule has 3 heteroatoms. The Morgan fingerprint density at radius 3 is 3.07 bits per heavy atom. The fourth-order valence-electron chi connectivity index (χ4n) is 2.84. The van der Waals surface area contributed by atoms with Gasteiger partial charge in [-0.05, 0) is 37.1 Å². The molecular formula is C12H16N2O. The van der Waals surface area contributed by atoms with Crippen molar-refractivity contribution in [1.82, 2.24) is 10.5 Å². The lowest BCUT2D eigenvalue weighted by Gasteiger charge is -2.17. The van der Waals surface area contributed by atoms with Gasteiger partial charge in [-0.2, -0.15) is 0 Å². The summed E-state index contributed by atoms with van der Waals surface area (Å²) in [6.45, 7) is 1.94. The average Bonchev–Trinajstić information content (AvgIpc) is 2.93.